The van der Waals surface area contributed by atoms with Gasteiger partial charge in [-0.25, -0.2) is 0 Å². The topological polar surface area (TPSA) is 69.7 Å². The number of rotatable bonds is 7. The van der Waals surface area contributed by atoms with E-state index in [4.69, 9.17) is 14.2 Å². The summed E-state index contributed by atoms with van der Waals surface area (Å²) in [6, 6.07) is 12.7. The molecule has 1 amide bonds. The Labute approximate surface area is 170 Å². The van der Waals surface area contributed by atoms with Crippen molar-refractivity contribution in [2.24, 2.45) is 0 Å². The van der Waals surface area contributed by atoms with E-state index in [0.717, 1.165) is 22.4 Å². The van der Waals surface area contributed by atoms with E-state index in [-0.39, 0.29) is 5.91 Å². The molecule has 0 aliphatic carbocycles. The SMILES string of the molecule is COc1ccc(NC(=O)c2cc(C)c(OCc3cccnc3)c(C)c2)c(OC)c1. The molecule has 6 nitrogen and oxygen atoms in total. The smallest absolute Gasteiger partial charge is 0.255 e. The number of methoxy groups -OCH3 is 2. The maximum absolute atomic E-state index is 12.8. The molecule has 0 atom stereocenters. The molecule has 0 saturated carbocycles. The van der Waals surface area contributed by atoms with E-state index in [0.29, 0.717) is 29.4 Å². The number of pyridine rings is 1. The number of anilines is 1. The number of aromatic nitrogens is 1. The minimum absolute atomic E-state index is 0.224. The minimum Gasteiger partial charge on any atom is -0.497 e. The zero-order valence-electron chi connectivity index (χ0n) is 17.0. The second kappa shape index (κ2) is 9.10. The van der Waals surface area contributed by atoms with Gasteiger partial charge in [0.2, 0.25) is 0 Å². The molecule has 0 spiro atoms. The van der Waals surface area contributed by atoms with Crippen molar-refractivity contribution < 1.29 is 19.0 Å². The van der Waals surface area contributed by atoms with Gasteiger partial charge < -0.3 is 19.5 Å². The zero-order valence-corrected chi connectivity index (χ0v) is 17.0. The van der Waals surface area contributed by atoms with Gasteiger partial charge in [-0.3, -0.25) is 9.78 Å². The van der Waals surface area contributed by atoms with Crippen LogP contribution in [0.4, 0.5) is 5.69 Å². The van der Waals surface area contributed by atoms with Crippen LogP contribution in [0.2, 0.25) is 0 Å². The van der Waals surface area contributed by atoms with Gasteiger partial charge >= 0.3 is 0 Å². The van der Waals surface area contributed by atoms with Gasteiger partial charge in [-0.2, -0.15) is 0 Å². The number of nitrogens with zero attached hydrogens (tertiary/aromatic N) is 1. The van der Waals surface area contributed by atoms with Crippen molar-refractivity contribution in [3.63, 3.8) is 0 Å². The summed E-state index contributed by atoms with van der Waals surface area (Å²) in [6.45, 7) is 4.27. The molecule has 1 aromatic heterocycles. The Balaban J connectivity index is 1.76. The van der Waals surface area contributed by atoms with Crippen molar-refractivity contribution in [1.29, 1.82) is 0 Å². The number of nitrogens with one attached hydrogen (secondary N) is 1. The summed E-state index contributed by atoms with van der Waals surface area (Å²) in [4.78, 5) is 16.9. The lowest BCUT2D eigenvalue weighted by atomic mass is 10.0. The lowest BCUT2D eigenvalue weighted by Crippen LogP contribution is -2.13. The fraction of sp³-hybridized carbons (Fsp3) is 0.217. The van der Waals surface area contributed by atoms with E-state index in [1.165, 1.54) is 0 Å². The van der Waals surface area contributed by atoms with Crippen LogP contribution in [-0.2, 0) is 6.61 Å². The molecular weight excluding hydrogens is 368 g/mol. The normalized spacial score (nSPS) is 10.3. The standard InChI is InChI=1S/C23H24N2O4/c1-15-10-18(11-16(2)22(15)29-14-17-6-5-9-24-13-17)23(26)25-20-8-7-19(27-3)12-21(20)28-4/h5-13H,14H2,1-4H3,(H,25,26). The largest absolute Gasteiger partial charge is 0.497 e. The summed E-state index contributed by atoms with van der Waals surface area (Å²) < 4.78 is 16.5. The first-order valence-corrected chi connectivity index (χ1v) is 9.18. The molecule has 0 fully saturated rings. The van der Waals surface area contributed by atoms with Crippen molar-refractivity contribution in [2.45, 2.75) is 20.5 Å². The zero-order chi connectivity index (χ0) is 20.8. The van der Waals surface area contributed by atoms with Gasteiger partial charge in [0.25, 0.3) is 5.91 Å². The number of hydrogen-bond donors (Lipinski definition) is 1. The third kappa shape index (κ3) is 4.85. The van der Waals surface area contributed by atoms with Crippen LogP contribution in [0.15, 0.2) is 54.9 Å². The van der Waals surface area contributed by atoms with Crippen LogP contribution in [0.25, 0.3) is 0 Å². The third-order valence-electron chi connectivity index (χ3n) is 4.49. The number of carbonyl (C=O) groups is 1. The Kier molecular flexibility index (Phi) is 6.34. The van der Waals surface area contributed by atoms with Crippen molar-refractivity contribution >= 4 is 11.6 Å². The Hall–Kier alpha value is -3.54. The van der Waals surface area contributed by atoms with Crippen molar-refractivity contribution in [3.8, 4) is 17.2 Å². The highest BCUT2D eigenvalue weighted by molar-refractivity contribution is 6.05. The van der Waals surface area contributed by atoms with E-state index in [2.05, 4.69) is 10.3 Å². The fourth-order valence-electron chi connectivity index (χ4n) is 3.04. The number of ether oxygens (including phenoxy) is 3. The maximum atomic E-state index is 12.8. The van der Waals surface area contributed by atoms with Crippen LogP contribution in [0.1, 0.15) is 27.0 Å². The monoisotopic (exact) mass is 392 g/mol. The van der Waals surface area contributed by atoms with Crippen LogP contribution in [0.3, 0.4) is 0 Å². The molecule has 0 aliphatic rings. The van der Waals surface area contributed by atoms with Gasteiger partial charge in [0.1, 0.15) is 23.9 Å². The molecule has 0 bridgehead atoms. The number of amides is 1. The lowest BCUT2D eigenvalue weighted by molar-refractivity contribution is 0.102. The predicted octanol–water partition coefficient (Wildman–Crippen LogP) is 4.55. The molecule has 3 rings (SSSR count). The molecule has 3 aromatic rings. The summed E-state index contributed by atoms with van der Waals surface area (Å²) >= 11 is 0. The number of carbonyl (C=O) groups excluding carboxylic acids is 1. The quantitative estimate of drug-likeness (QED) is 0.639. The highest BCUT2D eigenvalue weighted by atomic mass is 16.5. The second-order valence-electron chi connectivity index (χ2n) is 6.61. The maximum Gasteiger partial charge on any atom is 0.255 e. The van der Waals surface area contributed by atoms with Gasteiger partial charge in [-0.1, -0.05) is 6.07 Å². The van der Waals surface area contributed by atoms with Gasteiger partial charge in [0, 0.05) is 29.6 Å². The third-order valence-corrected chi connectivity index (χ3v) is 4.49. The molecule has 0 saturated heterocycles. The summed E-state index contributed by atoms with van der Waals surface area (Å²) in [6.07, 6.45) is 3.50. The van der Waals surface area contributed by atoms with E-state index in [1.54, 1.807) is 44.8 Å². The first-order chi connectivity index (χ1) is 14.0. The number of benzene rings is 2. The van der Waals surface area contributed by atoms with Crippen LogP contribution < -0.4 is 19.5 Å². The van der Waals surface area contributed by atoms with Gasteiger partial charge in [0.15, 0.2) is 0 Å². The Morgan fingerprint density at radius 1 is 1.03 bits per heavy atom. The van der Waals surface area contributed by atoms with Gasteiger partial charge in [0.05, 0.1) is 19.9 Å². The summed E-state index contributed by atoms with van der Waals surface area (Å²) in [5, 5.41) is 2.89. The van der Waals surface area contributed by atoms with Crippen molar-refractivity contribution in [2.75, 3.05) is 19.5 Å². The Bertz CT molecular complexity index is 980. The number of aryl methyl sites for hydroxylation is 2. The molecule has 1 heterocycles. The van der Waals surface area contributed by atoms with E-state index in [1.807, 2.05) is 38.1 Å². The van der Waals surface area contributed by atoms with Crippen LogP contribution in [0, 0.1) is 13.8 Å². The molecule has 0 aliphatic heterocycles. The van der Waals surface area contributed by atoms with E-state index < -0.39 is 0 Å². The summed E-state index contributed by atoms with van der Waals surface area (Å²) in [5.74, 6) is 1.73. The first-order valence-electron chi connectivity index (χ1n) is 9.18. The summed E-state index contributed by atoms with van der Waals surface area (Å²) in [7, 11) is 3.13. The van der Waals surface area contributed by atoms with Crippen LogP contribution in [0.5, 0.6) is 17.2 Å². The molecule has 150 valence electrons. The molecular formula is C23H24N2O4. The van der Waals surface area contributed by atoms with Gasteiger partial charge in [-0.05, 0) is 55.3 Å². The molecule has 29 heavy (non-hydrogen) atoms. The Morgan fingerprint density at radius 2 is 1.79 bits per heavy atom. The average molecular weight is 392 g/mol. The molecule has 1 N–H and O–H groups in total. The molecule has 0 radical (unpaired) electrons. The van der Waals surface area contributed by atoms with Crippen LogP contribution >= 0.6 is 0 Å². The molecule has 6 heteroatoms. The molecule has 0 unspecified atom stereocenters. The van der Waals surface area contributed by atoms with Crippen molar-refractivity contribution in [3.05, 3.63) is 77.1 Å². The summed E-state index contributed by atoms with van der Waals surface area (Å²) in [5.41, 5.74) is 3.89. The average Bonchev–Trinajstić information content (AvgIpc) is 2.74. The number of hydrogen-bond acceptors (Lipinski definition) is 5. The lowest BCUT2D eigenvalue weighted by Gasteiger charge is -2.15. The molecule has 2 aromatic carbocycles. The minimum atomic E-state index is -0.224. The van der Waals surface area contributed by atoms with Crippen LogP contribution in [-0.4, -0.2) is 25.1 Å². The second-order valence-corrected chi connectivity index (χ2v) is 6.61. The first kappa shape index (κ1) is 20.2. The van der Waals surface area contributed by atoms with Gasteiger partial charge in [-0.15, -0.1) is 0 Å². The fourth-order valence-corrected chi connectivity index (χ4v) is 3.04. The predicted molar refractivity (Wildman–Crippen MR) is 112 cm³/mol. The Morgan fingerprint density at radius 3 is 2.41 bits per heavy atom. The highest BCUT2D eigenvalue weighted by Crippen LogP contribution is 2.30. The van der Waals surface area contributed by atoms with E-state index in [9.17, 15) is 4.79 Å². The van der Waals surface area contributed by atoms with Crippen molar-refractivity contribution in [1.82, 2.24) is 4.98 Å². The highest BCUT2D eigenvalue weighted by Gasteiger charge is 2.14. The van der Waals surface area contributed by atoms with E-state index >= 15 is 0 Å².